The van der Waals surface area contributed by atoms with Gasteiger partial charge in [0.05, 0.1) is 12.9 Å². The zero-order valence-electron chi connectivity index (χ0n) is 15.1. The lowest BCUT2D eigenvalue weighted by Gasteiger charge is -2.38. The molecule has 0 aromatic carbocycles. The molecule has 0 radical (unpaired) electrons. The van der Waals surface area contributed by atoms with Crippen LogP contribution in [0.25, 0.3) is 11.2 Å². The molecule has 4 N–H and O–H groups in total. The Morgan fingerprint density at radius 2 is 1.81 bits per heavy atom. The molecule has 2 aromatic rings. The Hall–Kier alpha value is -1.32. The summed E-state index contributed by atoms with van der Waals surface area (Å²) in [5.74, 6) is -2.05. The van der Waals surface area contributed by atoms with Crippen molar-refractivity contribution in [2.75, 3.05) is 18.2 Å². The van der Waals surface area contributed by atoms with Crippen molar-refractivity contribution in [2.24, 2.45) is 0 Å². The number of hydrogen-bond donors (Lipinski definition) is 3. The lowest BCUT2D eigenvalue weighted by Crippen LogP contribution is -2.34. The lowest BCUT2D eigenvalue weighted by molar-refractivity contribution is -0.312. The molecule has 6 atom stereocenters. The number of anilines is 1. The van der Waals surface area contributed by atoms with E-state index in [-0.39, 0.29) is 17.0 Å². The van der Waals surface area contributed by atoms with Gasteiger partial charge in [-0.15, -0.1) is 0 Å². The van der Waals surface area contributed by atoms with E-state index in [0.29, 0.717) is 0 Å². The summed E-state index contributed by atoms with van der Waals surface area (Å²) in [5.41, 5.74) is 5.96. The third-order valence-corrected chi connectivity index (χ3v) is 9.00. The summed E-state index contributed by atoms with van der Waals surface area (Å²) in [6.45, 7) is -1.02. The summed E-state index contributed by atoms with van der Waals surface area (Å²) in [7, 11) is -16.9. The number of aromatic nitrogens is 4. The minimum Gasteiger partial charge on any atom is -0.810 e. The molecule has 0 saturated carbocycles. The standard InChI is InChI=1S/C11H18N5O12P3/c12-9-6-10(14-2-13-9)16(3-15-6)11-8(18)7(17)5(27-11)1-26-31(24,25)28-30(22,23)4-29(19,20)21/h2-3,5,7-8,11,17-18H,1,4H2,(H,22,23)(H,24,25)(H2,12,13,14)(H2,19,20,21)/p-4/t5-,7-,8-,11-/m1/s1. The Labute approximate surface area is 172 Å². The first-order valence-electron chi connectivity index (χ1n) is 8.12. The van der Waals surface area contributed by atoms with Crippen molar-refractivity contribution in [1.29, 1.82) is 0 Å². The van der Waals surface area contributed by atoms with Crippen LogP contribution in [0.3, 0.4) is 0 Å². The fourth-order valence-corrected chi connectivity index (χ4v) is 6.84. The van der Waals surface area contributed by atoms with E-state index in [0.717, 1.165) is 6.33 Å². The number of nitrogens with zero attached hydrogens (tertiary/aromatic N) is 4. The summed E-state index contributed by atoms with van der Waals surface area (Å²) >= 11 is 0. The van der Waals surface area contributed by atoms with Gasteiger partial charge in [0.2, 0.25) is 0 Å². The van der Waals surface area contributed by atoms with Gasteiger partial charge in [-0.3, -0.25) is 13.4 Å². The Balaban J connectivity index is 1.69. The van der Waals surface area contributed by atoms with Crippen molar-refractivity contribution >= 4 is 40.0 Å². The summed E-state index contributed by atoms with van der Waals surface area (Å²) in [6.07, 6.45) is -3.84. The zero-order valence-corrected chi connectivity index (χ0v) is 17.7. The number of aliphatic hydroxyl groups is 2. The predicted octanol–water partition coefficient (Wildman–Crippen LogP) is -4.05. The third kappa shape index (κ3) is 5.73. The first-order chi connectivity index (χ1) is 14.2. The largest absolute Gasteiger partial charge is 0.810 e. The number of nitrogens with two attached hydrogens (primary N) is 1. The monoisotopic (exact) mass is 501 g/mol. The Morgan fingerprint density at radius 1 is 1.13 bits per heavy atom. The molecular weight excluding hydrogens is 487 g/mol. The SMILES string of the molecule is Nc1ncnc2c1ncn2[C@@H]1O[C@H](COP(=O)([O-])OP(=O)([O-])CP(=O)([O-])[O-])[C@@H](O)[C@H]1O. The molecule has 0 amide bonds. The molecule has 2 aromatic heterocycles. The number of phosphoric acid groups is 1. The maximum atomic E-state index is 11.7. The summed E-state index contributed by atoms with van der Waals surface area (Å²) in [6, 6.07) is 0. The molecule has 20 heteroatoms. The quantitative estimate of drug-likeness (QED) is 0.290. The lowest BCUT2D eigenvalue weighted by atomic mass is 10.1. The van der Waals surface area contributed by atoms with E-state index in [9.17, 15) is 43.5 Å². The Morgan fingerprint density at radius 3 is 2.45 bits per heavy atom. The average molecular weight is 501 g/mol. The molecule has 1 saturated heterocycles. The van der Waals surface area contributed by atoms with Crippen molar-refractivity contribution in [3.8, 4) is 0 Å². The van der Waals surface area contributed by atoms with Crippen molar-refractivity contribution in [3.63, 3.8) is 0 Å². The van der Waals surface area contributed by atoms with Gasteiger partial charge in [-0.2, -0.15) is 0 Å². The molecule has 2 unspecified atom stereocenters. The molecule has 17 nitrogen and oxygen atoms in total. The number of aliphatic hydroxyl groups excluding tert-OH is 2. The summed E-state index contributed by atoms with van der Waals surface area (Å²) < 4.78 is 48.1. The molecular formula is C11H14N5O12P3-4. The maximum absolute atomic E-state index is 11.7. The van der Waals surface area contributed by atoms with Crippen LogP contribution in [0.1, 0.15) is 6.23 Å². The number of ether oxygens (including phenoxy) is 1. The second-order valence-corrected chi connectivity index (χ2v) is 11.7. The highest BCUT2D eigenvalue weighted by molar-refractivity contribution is 7.71. The van der Waals surface area contributed by atoms with Crippen LogP contribution in [0.4, 0.5) is 5.82 Å². The van der Waals surface area contributed by atoms with Crippen LogP contribution < -0.4 is 25.3 Å². The van der Waals surface area contributed by atoms with Gasteiger partial charge in [-0.1, -0.05) is 7.60 Å². The maximum Gasteiger partial charge on any atom is 0.272 e. The van der Waals surface area contributed by atoms with Gasteiger partial charge in [-0.05, 0) is 0 Å². The smallest absolute Gasteiger partial charge is 0.272 e. The average Bonchev–Trinajstić information content (AvgIpc) is 3.13. The Bertz CT molecular complexity index is 1110. The summed E-state index contributed by atoms with van der Waals surface area (Å²) in [4.78, 5) is 55.7. The van der Waals surface area contributed by atoms with Crippen LogP contribution in [0.5, 0.6) is 0 Å². The van der Waals surface area contributed by atoms with E-state index >= 15 is 0 Å². The molecule has 0 spiro atoms. The molecule has 1 aliphatic heterocycles. The first kappa shape index (κ1) is 24.3. The highest BCUT2D eigenvalue weighted by atomic mass is 31.3. The minimum absolute atomic E-state index is 0.0314. The number of rotatable bonds is 8. The van der Waals surface area contributed by atoms with E-state index in [2.05, 4.69) is 23.8 Å². The van der Waals surface area contributed by atoms with Gasteiger partial charge in [-0.25, -0.2) is 15.0 Å². The fraction of sp³-hybridized carbons (Fsp3) is 0.545. The van der Waals surface area contributed by atoms with Crippen LogP contribution in [0.15, 0.2) is 12.7 Å². The third-order valence-electron chi connectivity index (χ3n) is 3.97. The van der Waals surface area contributed by atoms with Crippen LogP contribution in [-0.2, 0) is 27.3 Å². The van der Waals surface area contributed by atoms with Crippen LogP contribution in [0, 0.1) is 0 Å². The van der Waals surface area contributed by atoms with Crippen LogP contribution in [0.2, 0.25) is 0 Å². The van der Waals surface area contributed by atoms with Crippen molar-refractivity contribution in [1.82, 2.24) is 19.5 Å². The van der Waals surface area contributed by atoms with Gasteiger partial charge in [0, 0.05) is 5.90 Å². The number of phosphoric ester groups is 1. The highest BCUT2D eigenvalue weighted by Gasteiger charge is 2.45. The molecule has 0 bridgehead atoms. The normalized spacial score (nSPS) is 28.5. The van der Waals surface area contributed by atoms with Gasteiger partial charge in [0.15, 0.2) is 17.7 Å². The molecule has 3 rings (SSSR count). The van der Waals surface area contributed by atoms with E-state index < -0.39 is 60.1 Å². The molecule has 3 heterocycles. The second-order valence-electron chi connectivity index (χ2n) is 6.32. The molecule has 174 valence electrons. The van der Waals surface area contributed by atoms with Gasteiger partial charge in [0.1, 0.15) is 37.8 Å². The van der Waals surface area contributed by atoms with Crippen molar-refractivity contribution in [3.05, 3.63) is 12.7 Å². The summed E-state index contributed by atoms with van der Waals surface area (Å²) in [5, 5.41) is 20.4. The first-order valence-corrected chi connectivity index (χ1v) is 13.0. The number of hydrogen-bond acceptors (Lipinski definition) is 16. The van der Waals surface area contributed by atoms with E-state index in [1.807, 2.05) is 0 Å². The van der Waals surface area contributed by atoms with Gasteiger partial charge in [0.25, 0.3) is 7.82 Å². The van der Waals surface area contributed by atoms with E-state index in [4.69, 9.17) is 10.5 Å². The van der Waals surface area contributed by atoms with E-state index in [1.54, 1.807) is 0 Å². The Kier molecular flexibility index (Phi) is 6.71. The minimum atomic E-state index is -5.68. The molecule has 0 aliphatic carbocycles. The zero-order chi connectivity index (χ0) is 23.2. The topological polar surface area (TPSA) is 281 Å². The second kappa shape index (κ2) is 8.56. The van der Waals surface area contributed by atoms with Crippen LogP contribution in [-0.4, -0.2) is 60.6 Å². The number of fused-ring (bicyclic) bond motifs is 1. The van der Waals surface area contributed by atoms with Gasteiger partial charge < -0.3 is 53.9 Å². The van der Waals surface area contributed by atoms with Crippen molar-refractivity contribution in [2.45, 2.75) is 24.5 Å². The molecule has 1 fully saturated rings. The molecule has 1 aliphatic rings. The highest BCUT2D eigenvalue weighted by Crippen LogP contribution is 2.59. The predicted molar refractivity (Wildman–Crippen MR) is 90.4 cm³/mol. The number of imidazole rings is 1. The van der Waals surface area contributed by atoms with Crippen molar-refractivity contribution < 1.29 is 57.1 Å². The van der Waals surface area contributed by atoms with Crippen LogP contribution >= 0.6 is 23.0 Å². The van der Waals surface area contributed by atoms with E-state index in [1.165, 1.54) is 10.9 Å². The number of nitrogen functional groups attached to an aromatic ring is 1. The van der Waals surface area contributed by atoms with Gasteiger partial charge >= 0.3 is 0 Å². The fourth-order valence-electron chi connectivity index (χ4n) is 2.73. The molecule has 31 heavy (non-hydrogen) atoms.